The molecular weight excluding hydrogens is 614 g/mol. The van der Waals surface area contributed by atoms with E-state index in [2.05, 4.69) is 5.32 Å². The van der Waals surface area contributed by atoms with Gasteiger partial charge < -0.3 is 24.4 Å². The number of benzene rings is 4. The third-order valence-electron chi connectivity index (χ3n) is 7.84. The summed E-state index contributed by atoms with van der Waals surface area (Å²) in [7, 11) is 1.60. The minimum Gasteiger partial charge on any atom is -0.497 e. The maximum Gasteiger partial charge on any atom is 0.258 e. The number of methoxy groups -OCH3 is 1. The molecule has 1 N–H and O–H groups in total. The summed E-state index contributed by atoms with van der Waals surface area (Å²) in [5, 5.41) is 3.47. The fraction of sp³-hybridized carbons (Fsp3) is 0.263. The highest BCUT2D eigenvalue weighted by Gasteiger charge is 2.23. The first-order valence-electron chi connectivity index (χ1n) is 15.7. The maximum absolute atomic E-state index is 14.2. The number of carbonyl (C=O) groups excluding carboxylic acids is 2. The van der Waals surface area contributed by atoms with Crippen LogP contribution in [0.1, 0.15) is 33.5 Å². The molecule has 0 aromatic heterocycles. The standard InChI is InChI=1S/C38H40ClN3O5/c1-28-15-17-32(45-2)24-34(28)40-37(43)27-41-19-8-9-21-46-35-14-7-6-13-30(35)26-42(25-29-11-4-3-5-12-29)38(44)33-23-31(39)16-18-36(33)47-22-10-20-41/h3-9,11-18,23-24H,10,19-22,25-27H2,1-2H3,(H,40,43)/b9-8+. The number of aryl methyl sites for hydroxylation is 1. The number of hydrogen-bond acceptors (Lipinski definition) is 6. The lowest BCUT2D eigenvalue weighted by Gasteiger charge is -2.25. The fourth-order valence-corrected chi connectivity index (χ4v) is 5.51. The monoisotopic (exact) mass is 653 g/mol. The molecule has 0 atom stereocenters. The summed E-state index contributed by atoms with van der Waals surface area (Å²) < 4.78 is 17.7. The second kappa shape index (κ2) is 16.7. The molecule has 5 rings (SSSR count). The lowest BCUT2D eigenvalue weighted by Crippen LogP contribution is -2.35. The van der Waals surface area contributed by atoms with Gasteiger partial charge in [0.1, 0.15) is 23.9 Å². The van der Waals surface area contributed by atoms with Crippen molar-refractivity contribution in [2.45, 2.75) is 26.4 Å². The van der Waals surface area contributed by atoms with Gasteiger partial charge in [0.25, 0.3) is 5.91 Å². The highest BCUT2D eigenvalue weighted by molar-refractivity contribution is 6.31. The number of fused-ring (bicyclic) bond motifs is 2. The van der Waals surface area contributed by atoms with Crippen LogP contribution in [-0.4, -0.2) is 61.6 Å². The van der Waals surface area contributed by atoms with E-state index in [4.69, 9.17) is 25.8 Å². The minimum atomic E-state index is -0.198. The summed E-state index contributed by atoms with van der Waals surface area (Å²) >= 11 is 6.41. The Morgan fingerprint density at radius 2 is 1.74 bits per heavy atom. The molecule has 0 saturated carbocycles. The summed E-state index contributed by atoms with van der Waals surface area (Å²) in [4.78, 5) is 31.2. The third-order valence-corrected chi connectivity index (χ3v) is 8.07. The van der Waals surface area contributed by atoms with Crippen LogP contribution in [0.5, 0.6) is 17.2 Å². The molecule has 0 unspecified atom stereocenters. The molecule has 0 fully saturated rings. The topological polar surface area (TPSA) is 80.3 Å². The van der Waals surface area contributed by atoms with Crippen molar-refractivity contribution < 1.29 is 23.8 Å². The van der Waals surface area contributed by atoms with E-state index in [1.807, 2.05) is 96.8 Å². The van der Waals surface area contributed by atoms with Crippen LogP contribution in [0.25, 0.3) is 0 Å². The Morgan fingerprint density at radius 1 is 0.936 bits per heavy atom. The summed E-state index contributed by atoms with van der Waals surface area (Å²) in [6.07, 6.45) is 4.59. The van der Waals surface area contributed by atoms with Crippen LogP contribution in [0.3, 0.4) is 0 Å². The quantitative estimate of drug-likeness (QED) is 0.223. The summed E-state index contributed by atoms with van der Waals surface area (Å²) in [6, 6.07) is 28.3. The van der Waals surface area contributed by atoms with E-state index in [-0.39, 0.29) is 18.4 Å². The molecule has 1 heterocycles. The zero-order chi connectivity index (χ0) is 33.0. The van der Waals surface area contributed by atoms with Gasteiger partial charge in [-0.05, 0) is 54.8 Å². The van der Waals surface area contributed by atoms with Crippen molar-refractivity contribution in [3.8, 4) is 17.2 Å². The first kappa shape index (κ1) is 33.6. The number of anilines is 1. The molecule has 9 heteroatoms. The van der Waals surface area contributed by atoms with E-state index in [1.165, 1.54) is 0 Å². The van der Waals surface area contributed by atoms with Gasteiger partial charge in [0, 0.05) is 48.5 Å². The molecule has 0 spiro atoms. The molecular formula is C38H40ClN3O5. The highest BCUT2D eigenvalue weighted by Crippen LogP contribution is 2.28. The fourth-order valence-electron chi connectivity index (χ4n) is 5.34. The van der Waals surface area contributed by atoms with Crippen LogP contribution in [0.4, 0.5) is 5.69 Å². The predicted molar refractivity (Wildman–Crippen MR) is 185 cm³/mol. The average molecular weight is 654 g/mol. The van der Waals surface area contributed by atoms with Crippen molar-refractivity contribution in [3.05, 3.63) is 130 Å². The molecule has 0 radical (unpaired) electrons. The zero-order valence-corrected chi connectivity index (χ0v) is 27.5. The van der Waals surface area contributed by atoms with Crippen LogP contribution in [0.2, 0.25) is 5.02 Å². The van der Waals surface area contributed by atoms with E-state index in [0.29, 0.717) is 79.3 Å². The Kier molecular flexibility index (Phi) is 11.9. The van der Waals surface area contributed by atoms with E-state index in [0.717, 1.165) is 16.7 Å². The van der Waals surface area contributed by atoms with E-state index in [1.54, 1.807) is 30.2 Å². The molecule has 0 bridgehead atoms. The molecule has 2 amide bonds. The van der Waals surface area contributed by atoms with Gasteiger partial charge in [-0.1, -0.05) is 78.4 Å². The number of halogens is 1. The molecule has 0 saturated heterocycles. The Balaban J connectivity index is 1.38. The lowest BCUT2D eigenvalue weighted by atomic mass is 10.1. The largest absolute Gasteiger partial charge is 0.497 e. The number of nitrogens with zero attached hydrogens (tertiary/aromatic N) is 2. The van der Waals surface area contributed by atoms with Gasteiger partial charge in [0.2, 0.25) is 5.91 Å². The lowest BCUT2D eigenvalue weighted by molar-refractivity contribution is -0.117. The Labute approximate surface area is 281 Å². The first-order chi connectivity index (χ1) is 22.9. The van der Waals surface area contributed by atoms with E-state index >= 15 is 0 Å². The molecule has 0 aliphatic carbocycles. The first-order valence-corrected chi connectivity index (χ1v) is 16.1. The smallest absolute Gasteiger partial charge is 0.258 e. The summed E-state index contributed by atoms with van der Waals surface area (Å²) in [5.74, 6) is 1.51. The van der Waals surface area contributed by atoms with Crippen molar-refractivity contribution in [3.63, 3.8) is 0 Å². The van der Waals surface area contributed by atoms with Crippen molar-refractivity contribution >= 4 is 29.1 Å². The molecule has 244 valence electrons. The van der Waals surface area contributed by atoms with Crippen molar-refractivity contribution in [2.24, 2.45) is 0 Å². The second-order valence-electron chi connectivity index (χ2n) is 11.3. The van der Waals surface area contributed by atoms with Gasteiger partial charge in [-0.3, -0.25) is 14.5 Å². The number of hydrogen-bond donors (Lipinski definition) is 1. The number of ether oxygens (including phenoxy) is 3. The SMILES string of the molecule is COc1ccc(C)c(NC(=O)CN2C/C=C/COc3ccccc3CN(Cc3ccccc3)C(=O)c3cc(Cl)ccc3OCCC2)c1. The third kappa shape index (κ3) is 9.61. The van der Waals surface area contributed by atoms with Gasteiger partial charge in [-0.15, -0.1) is 0 Å². The summed E-state index contributed by atoms with van der Waals surface area (Å²) in [6.45, 7) is 4.68. The van der Waals surface area contributed by atoms with Gasteiger partial charge in [0.05, 0.1) is 25.8 Å². The van der Waals surface area contributed by atoms with Crippen LogP contribution in [0, 0.1) is 6.92 Å². The number of amides is 2. The number of nitrogens with one attached hydrogen (secondary N) is 1. The Morgan fingerprint density at radius 3 is 2.57 bits per heavy atom. The zero-order valence-electron chi connectivity index (χ0n) is 26.8. The molecule has 47 heavy (non-hydrogen) atoms. The van der Waals surface area contributed by atoms with Crippen LogP contribution in [0.15, 0.2) is 103 Å². The normalized spacial score (nSPS) is 15.3. The van der Waals surface area contributed by atoms with Gasteiger partial charge >= 0.3 is 0 Å². The van der Waals surface area contributed by atoms with E-state index < -0.39 is 0 Å². The summed E-state index contributed by atoms with van der Waals surface area (Å²) in [5.41, 5.74) is 3.94. The van der Waals surface area contributed by atoms with Crippen molar-refractivity contribution in [1.82, 2.24) is 9.80 Å². The molecule has 1 aliphatic rings. The molecule has 1 aliphatic heterocycles. The minimum absolute atomic E-state index is 0.129. The highest BCUT2D eigenvalue weighted by atomic mass is 35.5. The molecule has 4 aromatic carbocycles. The van der Waals surface area contributed by atoms with Gasteiger partial charge in [0.15, 0.2) is 0 Å². The van der Waals surface area contributed by atoms with Gasteiger partial charge in [-0.2, -0.15) is 0 Å². The van der Waals surface area contributed by atoms with Crippen LogP contribution in [-0.2, 0) is 17.9 Å². The molecule has 8 nitrogen and oxygen atoms in total. The Bertz CT molecular complexity index is 1690. The number of para-hydroxylation sites is 1. The predicted octanol–water partition coefficient (Wildman–Crippen LogP) is 7.16. The number of carbonyl (C=O) groups is 2. The maximum atomic E-state index is 14.2. The average Bonchev–Trinajstić information content (AvgIpc) is 3.08. The Hall–Kier alpha value is -4.79. The van der Waals surface area contributed by atoms with Crippen molar-refractivity contribution in [2.75, 3.05) is 45.3 Å². The van der Waals surface area contributed by atoms with Crippen LogP contribution < -0.4 is 19.5 Å². The number of rotatable bonds is 6. The molecule has 4 aromatic rings. The van der Waals surface area contributed by atoms with E-state index in [9.17, 15) is 9.59 Å². The van der Waals surface area contributed by atoms with Gasteiger partial charge in [-0.25, -0.2) is 0 Å². The van der Waals surface area contributed by atoms with Crippen LogP contribution >= 0.6 is 11.6 Å². The van der Waals surface area contributed by atoms with Crippen molar-refractivity contribution in [1.29, 1.82) is 0 Å². The second-order valence-corrected chi connectivity index (χ2v) is 11.8.